The first-order valence-electron chi connectivity index (χ1n) is 9.41. The van der Waals surface area contributed by atoms with Crippen molar-refractivity contribution in [3.8, 4) is 0 Å². The molecule has 1 atom stereocenters. The molecule has 8 nitrogen and oxygen atoms in total. The van der Waals surface area contributed by atoms with Crippen LogP contribution in [0.5, 0.6) is 0 Å². The average molecular weight is 356 g/mol. The van der Waals surface area contributed by atoms with Crippen molar-refractivity contribution in [2.75, 3.05) is 38.1 Å². The Labute approximate surface area is 152 Å². The minimum atomic E-state index is 0.0490. The normalized spacial score (nSPS) is 24.2. The molecule has 2 aromatic heterocycles. The number of carbonyl (C=O) groups is 1. The molecule has 3 fully saturated rings. The molecule has 8 heteroatoms. The van der Waals surface area contributed by atoms with Crippen LogP contribution in [0.2, 0.25) is 0 Å². The summed E-state index contributed by atoms with van der Waals surface area (Å²) in [6.07, 6.45) is 9.21. The zero-order valence-corrected chi connectivity index (χ0v) is 15.0. The standard InChI is InChI=1S/C18H24N6O2/c1-21-6-7-23(18(21)25)15-8-20-24(11-15)14-4-5-22(10-14)12-17-19-9-16(26-17)13-2-3-13/h8-9,11,13-14H,2-7,10,12H2,1H3. The molecular weight excluding hydrogens is 332 g/mol. The Hall–Kier alpha value is -2.35. The minimum Gasteiger partial charge on any atom is -0.444 e. The number of rotatable bonds is 5. The van der Waals surface area contributed by atoms with Crippen molar-refractivity contribution in [2.45, 2.75) is 37.8 Å². The van der Waals surface area contributed by atoms with Crippen LogP contribution in [0, 0.1) is 0 Å². The molecule has 0 aromatic carbocycles. The van der Waals surface area contributed by atoms with Gasteiger partial charge in [-0.1, -0.05) is 0 Å². The summed E-state index contributed by atoms with van der Waals surface area (Å²) in [6.45, 7) is 4.18. The van der Waals surface area contributed by atoms with Gasteiger partial charge in [0.15, 0.2) is 0 Å². The van der Waals surface area contributed by atoms with Crippen LogP contribution in [0.1, 0.15) is 42.9 Å². The lowest BCUT2D eigenvalue weighted by atomic mass is 10.3. The van der Waals surface area contributed by atoms with E-state index in [9.17, 15) is 4.79 Å². The summed E-state index contributed by atoms with van der Waals surface area (Å²) < 4.78 is 7.89. The van der Waals surface area contributed by atoms with Gasteiger partial charge in [0.05, 0.1) is 30.7 Å². The summed E-state index contributed by atoms with van der Waals surface area (Å²) in [5, 5.41) is 4.52. The molecule has 0 radical (unpaired) electrons. The average Bonchev–Trinajstić information content (AvgIpc) is 3.03. The molecular formula is C18H24N6O2. The van der Waals surface area contributed by atoms with E-state index < -0.39 is 0 Å². The van der Waals surface area contributed by atoms with Crippen molar-refractivity contribution in [2.24, 2.45) is 0 Å². The Morgan fingerprint density at radius 2 is 2.08 bits per heavy atom. The van der Waals surface area contributed by atoms with Crippen LogP contribution >= 0.6 is 0 Å². The number of hydrogen-bond donors (Lipinski definition) is 0. The smallest absolute Gasteiger partial charge is 0.324 e. The van der Waals surface area contributed by atoms with Gasteiger partial charge < -0.3 is 9.32 Å². The Morgan fingerprint density at radius 3 is 2.85 bits per heavy atom. The fourth-order valence-electron chi connectivity index (χ4n) is 3.87. The largest absolute Gasteiger partial charge is 0.444 e. The third kappa shape index (κ3) is 2.88. The second-order valence-electron chi connectivity index (χ2n) is 7.64. The number of urea groups is 1. The highest BCUT2D eigenvalue weighted by Crippen LogP contribution is 2.40. The molecule has 1 aliphatic carbocycles. The maximum Gasteiger partial charge on any atom is 0.324 e. The Morgan fingerprint density at radius 1 is 1.19 bits per heavy atom. The van der Waals surface area contributed by atoms with E-state index in [-0.39, 0.29) is 6.03 Å². The topological polar surface area (TPSA) is 70.6 Å². The summed E-state index contributed by atoms with van der Waals surface area (Å²) in [5.41, 5.74) is 0.888. The number of aromatic nitrogens is 3. The molecule has 3 aliphatic rings. The first kappa shape index (κ1) is 15.9. The van der Waals surface area contributed by atoms with Crippen molar-refractivity contribution >= 4 is 11.7 Å². The summed E-state index contributed by atoms with van der Waals surface area (Å²) in [7, 11) is 1.83. The third-order valence-electron chi connectivity index (χ3n) is 5.65. The predicted octanol–water partition coefficient (Wildman–Crippen LogP) is 2.07. The van der Waals surface area contributed by atoms with Gasteiger partial charge in [0, 0.05) is 45.3 Å². The van der Waals surface area contributed by atoms with E-state index in [1.807, 2.05) is 24.1 Å². The first-order valence-corrected chi connectivity index (χ1v) is 9.41. The molecule has 26 heavy (non-hydrogen) atoms. The van der Waals surface area contributed by atoms with E-state index in [1.165, 1.54) is 12.8 Å². The van der Waals surface area contributed by atoms with Gasteiger partial charge in [-0.15, -0.1) is 0 Å². The van der Waals surface area contributed by atoms with Crippen LogP contribution in [0.3, 0.4) is 0 Å². The van der Waals surface area contributed by atoms with Crippen LogP contribution in [-0.4, -0.2) is 63.8 Å². The Bertz CT molecular complexity index is 810. The van der Waals surface area contributed by atoms with E-state index in [2.05, 4.69) is 15.0 Å². The first-order chi connectivity index (χ1) is 12.7. The van der Waals surface area contributed by atoms with Gasteiger partial charge in [0.1, 0.15) is 5.76 Å². The number of amides is 2. The number of oxazole rings is 1. The van der Waals surface area contributed by atoms with E-state index >= 15 is 0 Å². The molecule has 138 valence electrons. The lowest BCUT2D eigenvalue weighted by Gasteiger charge is -2.15. The van der Waals surface area contributed by atoms with Gasteiger partial charge in [-0.3, -0.25) is 14.5 Å². The van der Waals surface area contributed by atoms with Crippen LogP contribution in [-0.2, 0) is 6.54 Å². The molecule has 0 spiro atoms. The third-order valence-corrected chi connectivity index (χ3v) is 5.65. The zero-order chi connectivity index (χ0) is 17.7. The van der Waals surface area contributed by atoms with Crippen molar-refractivity contribution in [3.63, 3.8) is 0 Å². The van der Waals surface area contributed by atoms with Crippen LogP contribution in [0.15, 0.2) is 23.0 Å². The number of carbonyl (C=O) groups excluding carboxylic acids is 1. The highest BCUT2D eigenvalue weighted by Gasteiger charge is 2.31. The summed E-state index contributed by atoms with van der Waals surface area (Å²) >= 11 is 0. The molecule has 1 unspecified atom stereocenters. The minimum absolute atomic E-state index is 0.0490. The van der Waals surface area contributed by atoms with Gasteiger partial charge >= 0.3 is 6.03 Å². The van der Waals surface area contributed by atoms with Gasteiger partial charge in [-0.05, 0) is 19.3 Å². The SMILES string of the molecule is CN1CCN(c2cnn(C3CCN(Cc4ncc(C5CC5)o4)C3)c2)C1=O. The number of anilines is 1. The molecule has 2 amide bonds. The fourth-order valence-corrected chi connectivity index (χ4v) is 3.87. The maximum absolute atomic E-state index is 12.1. The van der Waals surface area contributed by atoms with Crippen LogP contribution < -0.4 is 4.90 Å². The van der Waals surface area contributed by atoms with E-state index in [0.717, 1.165) is 56.5 Å². The van der Waals surface area contributed by atoms with Gasteiger partial charge in [-0.2, -0.15) is 5.10 Å². The quantitative estimate of drug-likeness (QED) is 0.820. The molecule has 2 aliphatic heterocycles. The predicted molar refractivity (Wildman–Crippen MR) is 95.0 cm³/mol. The second kappa shape index (κ2) is 6.12. The fraction of sp³-hybridized carbons (Fsp3) is 0.611. The van der Waals surface area contributed by atoms with E-state index in [0.29, 0.717) is 12.0 Å². The Kier molecular flexibility index (Phi) is 3.74. The lowest BCUT2D eigenvalue weighted by molar-refractivity contribution is 0.229. The van der Waals surface area contributed by atoms with E-state index in [4.69, 9.17) is 4.42 Å². The molecule has 2 saturated heterocycles. The highest BCUT2D eigenvalue weighted by molar-refractivity contribution is 5.93. The van der Waals surface area contributed by atoms with Gasteiger partial charge in [-0.25, -0.2) is 9.78 Å². The second-order valence-corrected chi connectivity index (χ2v) is 7.64. The van der Waals surface area contributed by atoms with Crippen molar-refractivity contribution in [3.05, 3.63) is 30.2 Å². The number of hydrogen-bond acceptors (Lipinski definition) is 5. The Balaban J connectivity index is 1.21. The van der Waals surface area contributed by atoms with E-state index in [1.54, 1.807) is 16.0 Å². The lowest BCUT2D eigenvalue weighted by Crippen LogP contribution is -2.28. The van der Waals surface area contributed by atoms with Crippen LogP contribution in [0.4, 0.5) is 10.5 Å². The van der Waals surface area contributed by atoms with Gasteiger partial charge in [0.25, 0.3) is 0 Å². The number of likely N-dealkylation sites (N-methyl/N-ethyl adjacent to an activating group) is 1. The highest BCUT2D eigenvalue weighted by atomic mass is 16.4. The maximum atomic E-state index is 12.1. The molecule has 4 heterocycles. The zero-order valence-electron chi connectivity index (χ0n) is 15.0. The van der Waals surface area contributed by atoms with Gasteiger partial charge in [0.2, 0.25) is 5.89 Å². The van der Waals surface area contributed by atoms with Crippen LogP contribution in [0.25, 0.3) is 0 Å². The molecule has 5 rings (SSSR count). The monoisotopic (exact) mass is 356 g/mol. The number of likely N-dealkylation sites (tertiary alicyclic amines) is 1. The van der Waals surface area contributed by atoms with Crippen molar-refractivity contribution < 1.29 is 9.21 Å². The molecule has 2 aromatic rings. The summed E-state index contributed by atoms with van der Waals surface area (Å²) in [5.74, 6) is 2.48. The molecule has 0 bridgehead atoms. The molecule has 1 saturated carbocycles. The van der Waals surface area contributed by atoms with Crippen molar-refractivity contribution in [1.82, 2.24) is 24.6 Å². The summed E-state index contributed by atoms with van der Waals surface area (Å²) in [6, 6.07) is 0.380. The van der Waals surface area contributed by atoms with Crippen molar-refractivity contribution in [1.29, 1.82) is 0 Å². The summed E-state index contributed by atoms with van der Waals surface area (Å²) in [4.78, 5) is 22.5. The molecule has 0 N–H and O–H groups in total. The number of nitrogens with zero attached hydrogens (tertiary/aromatic N) is 6.